The molecule has 0 aromatic heterocycles. The highest BCUT2D eigenvalue weighted by molar-refractivity contribution is 6.31. The van der Waals surface area contributed by atoms with Crippen LogP contribution in [0.3, 0.4) is 0 Å². The Hall–Kier alpha value is -2.55. The van der Waals surface area contributed by atoms with Gasteiger partial charge in [-0.3, -0.25) is 4.79 Å². The number of fused-ring (bicyclic) bond motifs is 1. The van der Waals surface area contributed by atoms with Crippen molar-refractivity contribution in [3.05, 3.63) is 65.4 Å². The molecule has 1 aliphatic heterocycles. The number of nitrogens with one attached hydrogen (secondary N) is 2. The highest BCUT2D eigenvalue weighted by atomic mass is 16.2. The van der Waals surface area contributed by atoms with Crippen LogP contribution >= 0.6 is 0 Å². The molecule has 1 aliphatic rings. The zero-order chi connectivity index (χ0) is 14.1. The zero-order valence-corrected chi connectivity index (χ0v) is 11.5. The first kappa shape index (κ1) is 12.5. The molecule has 0 saturated carbocycles. The van der Waals surface area contributed by atoms with Crippen LogP contribution in [0.25, 0.3) is 5.57 Å². The molecule has 1 amide bonds. The molecule has 2 aromatic carbocycles. The standard InChI is InChI=1S/C17H16N2O/c1-11-7-12(2)9-13(8-11)18-10-15-14-5-3-4-6-16(14)19-17(15)20/h3-10,18H,1-2H3,(H,19,20)/b15-10+. The summed E-state index contributed by atoms with van der Waals surface area (Å²) < 4.78 is 0. The first-order chi connectivity index (χ1) is 9.63. The summed E-state index contributed by atoms with van der Waals surface area (Å²) in [6.45, 7) is 4.12. The van der Waals surface area contributed by atoms with Gasteiger partial charge in [-0.05, 0) is 43.2 Å². The fourth-order valence-corrected chi connectivity index (χ4v) is 2.50. The maximum atomic E-state index is 12.0. The van der Waals surface area contributed by atoms with Gasteiger partial charge in [0, 0.05) is 23.1 Å². The number of amides is 1. The van der Waals surface area contributed by atoms with Gasteiger partial charge in [0.25, 0.3) is 5.91 Å². The van der Waals surface area contributed by atoms with Gasteiger partial charge in [0.05, 0.1) is 5.57 Å². The van der Waals surface area contributed by atoms with E-state index in [9.17, 15) is 4.79 Å². The first-order valence-corrected chi connectivity index (χ1v) is 6.59. The molecule has 20 heavy (non-hydrogen) atoms. The van der Waals surface area contributed by atoms with Gasteiger partial charge in [-0.1, -0.05) is 24.3 Å². The van der Waals surface area contributed by atoms with E-state index in [0.717, 1.165) is 16.9 Å². The molecular weight excluding hydrogens is 248 g/mol. The topological polar surface area (TPSA) is 41.1 Å². The average Bonchev–Trinajstić information content (AvgIpc) is 2.71. The Morgan fingerprint density at radius 3 is 2.50 bits per heavy atom. The SMILES string of the molecule is Cc1cc(C)cc(N/C=C2/C(=O)Nc3ccccc32)c1. The van der Waals surface area contributed by atoms with Crippen LogP contribution in [0, 0.1) is 13.8 Å². The molecule has 0 unspecified atom stereocenters. The largest absolute Gasteiger partial charge is 0.361 e. The third kappa shape index (κ3) is 2.30. The summed E-state index contributed by atoms with van der Waals surface area (Å²) >= 11 is 0. The molecule has 0 saturated heterocycles. The van der Waals surface area contributed by atoms with E-state index in [0.29, 0.717) is 5.57 Å². The third-order valence-corrected chi connectivity index (χ3v) is 3.31. The van der Waals surface area contributed by atoms with Gasteiger partial charge < -0.3 is 10.6 Å². The molecule has 0 atom stereocenters. The molecule has 100 valence electrons. The number of hydrogen-bond acceptors (Lipinski definition) is 2. The number of carbonyl (C=O) groups excluding carboxylic acids is 1. The Morgan fingerprint density at radius 1 is 1.05 bits per heavy atom. The van der Waals surface area contributed by atoms with Crippen molar-refractivity contribution in [2.24, 2.45) is 0 Å². The normalized spacial score (nSPS) is 15.1. The van der Waals surface area contributed by atoms with Crippen LogP contribution in [0.5, 0.6) is 0 Å². The smallest absolute Gasteiger partial charge is 0.257 e. The monoisotopic (exact) mass is 264 g/mol. The van der Waals surface area contributed by atoms with Crippen molar-refractivity contribution in [1.29, 1.82) is 0 Å². The second-order valence-corrected chi connectivity index (χ2v) is 5.08. The second-order valence-electron chi connectivity index (χ2n) is 5.08. The summed E-state index contributed by atoms with van der Waals surface area (Å²) in [6.07, 6.45) is 1.77. The minimum atomic E-state index is -0.0666. The average molecular weight is 264 g/mol. The van der Waals surface area contributed by atoms with E-state index < -0.39 is 0 Å². The predicted molar refractivity (Wildman–Crippen MR) is 82.6 cm³/mol. The van der Waals surface area contributed by atoms with Crippen molar-refractivity contribution in [2.45, 2.75) is 13.8 Å². The molecule has 0 bridgehead atoms. The van der Waals surface area contributed by atoms with Crippen LogP contribution in [0.2, 0.25) is 0 Å². The third-order valence-electron chi connectivity index (χ3n) is 3.31. The fourth-order valence-electron chi connectivity index (χ4n) is 2.50. The lowest BCUT2D eigenvalue weighted by atomic mass is 10.1. The predicted octanol–water partition coefficient (Wildman–Crippen LogP) is 3.71. The van der Waals surface area contributed by atoms with Crippen LogP contribution in [-0.2, 0) is 4.79 Å². The van der Waals surface area contributed by atoms with Crippen molar-refractivity contribution < 1.29 is 4.79 Å². The summed E-state index contributed by atoms with van der Waals surface area (Å²) in [6, 6.07) is 13.9. The molecule has 3 nitrogen and oxygen atoms in total. The Balaban J connectivity index is 1.91. The van der Waals surface area contributed by atoms with Gasteiger partial charge in [-0.15, -0.1) is 0 Å². The lowest BCUT2D eigenvalue weighted by Crippen LogP contribution is -2.05. The first-order valence-electron chi connectivity index (χ1n) is 6.59. The molecule has 2 aromatic rings. The van der Waals surface area contributed by atoms with Crippen LogP contribution in [-0.4, -0.2) is 5.91 Å². The molecule has 0 spiro atoms. The van der Waals surface area contributed by atoms with Gasteiger partial charge in [0.15, 0.2) is 0 Å². The summed E-state index contributed by atoms with van der Waals surface area (Å²) in [5.41, 5.74) is 5.86. The van der Waals surface area contributed by atoms with Crippen molar-refractivity contribution in [3.8, 4) is 0 Å². The van der Waals surface area contributed by atoms with Crippen LogP contribution < -0.4 is 10.6 Å². The number of anilines is 2. The Labute approximate surface area is 118 Å². The number of rotatable bonds is 2. The van der Waals surface area contributed by atoms with Crippen LogP contribution in [0.1, 0.15) is 16.7 Å². The van der Waals surface area contributed by atoms with Crippen molar-refractivity contribution in [1.82, 2.24) is 0 Å². The van der Waals surface area contributed by atoms with E-state index in [4.69, 9.17) is 0 Å². The number of aryl methyl sites for hydroxylation is 2. The minimum absolute atomic E-state index is 0.0666. The van der Waals surface area contributed by atoms with E-state index in [-0.39, 0.29) is 5.91 Å². The molecule has 1 heterocycles. The molecule has 0 radical (unpaired) electrons. The van der Waals surface area contributed by atoms with Crippen LogP contribution in [0.4, 0.5) is 11.4 Å². The highest BCUT2D eigenvalue weighted by Gasteiger charge is 2.23. The maximum absolute atomic E-state index is 12.0. The highest BCUT2D eigenvalue weighted by Crippen LogP contribution is 2.31. The van der Waals surface area contributed by atoms with Crippen molar-refractivity contribution in [2.75, 3.05) is 10.6 Å². The zero-order valence-electron chi connectivity index (χ0n) is 11.5. The Kier molecular flexibility index (Phi) is 3.03. The quantitative estimate of drug-likeness (QED) is 0.812. The number of hydrogen-bond donors (Lipinski definition) is 2. The molecule has 0 fully saturated rings. The van der Waals surface area contributed by atoms with Gasteiger partial charge in [0.2, 0.25) is 0 Å². The Bertz CT molecular complexity index is 696. The van der Waals surface area contributed by atoms with Gasteiger partial charge >= 0.3 is 0 Å². The minimum Gasteiger partial charge on any atom is -0.361 e. The lowest BCUT2D eigenvalue weighted by Gasteiger charge is -2.05. The van der Waals surface area contributed by atoms with Gasteiger partial charge in [-0.2, -0.15) is 0 Å². The van der Waals surface area contributed by atoms with E-state index in [1.165, 1.54) is 11.1 Å². The van der Waals surface area contributed by atoms with Crippen LogP contribution in [0.15, 0.2) is 48.7 Å². The molecule has 3 rings (SSSR count). The molecule has 3 heteroatoms. The number of para-hydroxylation sites is 1. The maximum Gasteiger partial charge on any atom is 0.257 e. The van der Waals surface area contributed by atoms with E-state index in [1.807, 2.05) is 24.3 Å². The molecular formula is C17H16N2O. The summed E-state index contributed by atoms with van der Waals surface area (Å²) in [5, 5.41) is 6.08. The Morgan fingerprint density at radius 2 is 1.75 bits per heavy atom. The fraction of sp³-hybridized carbons (Fsp3) is 0.118. The van der Waals surface area contributed by atoms with E-state index in [1.54, 1.807) is 6.20 Å². The molecule has 0 aliphatic carbocycles. The van der Waals surface area contributed by atoms with Gasteiger partial charge in [0.1, 0.15) is 0 Å². The second kappa shape index (κ2) is 4.85. The summed E-state index contributed by atoms with van der Waals surface area (Å²) in [4.78, 5) is 12.0. The lowest BCUT2D eigenvalue weighted by molar-refractivity contribution is -0.110. The number of benzene rings is 2. The van der Waals surface area contributed by atoms with Gasteiger partial charge in [-0.25, -0.2) is 0 Å². The number of carbonyl (C=O) groups is 1. The summed E-state index contributed by atoms with van der Waals surface area (Å²) in [5.74, 6) is -0.0666. The van der Waals surface area contributed by atoms with E-state index >= 15 is 0 Å². The molecule has 2 N–H and O–H groups in total. The summed E-state index contributed by atoms with van der Waals surface area (Å²) in [7, 11) is 0. The van der Waals surface area contributed by atoms with E-state index in [2.05, 4.69) is 42.7 Å². The van der Waals surface area contributed by atoms with Crippen molar-refractivity contribution >= 4 is 22.9 Å². The van der Waals surface area contributed by atoms with Crippen molar-refractivity contribution in [3.63, 3.8) is 0 Å².